The van der Waals surface area contributed by atoms with E-state index in [0.29, 0.717) is 25.4 Å². The van der Waals surface area contributed by atoms with Crippen molar-refractivity contribution in [3.05, 3.63) is 35.4 Å². The molecule has 6 heteroatoms. The fourth-order valence-corrected chi connectivity index (χ4v) is 2.61. The van der Waals surface area contributed by atoms with Crippen molar-refractivity contribution >= 4 is 24.2 Å². The Balaban J connectivity index is 0.00000264. The number of piperidine rings is 1. The lowest BCUT2D eigenvalue weighted by molar-refractivity contribution is -0.132. The Labute approximate surface area is 143 Å². The number of benzene rings is 1. The Kier molecular flexibility index (Phi) is 7.52. The van der Waals surface area contributed by atoms with Crippen LogP contribution in [0.4, 0.5) is 0 Å². The van der Waals surface area contributed by atoms with Crippen molar-refractivity contribution in [3.63, 3.8) is 0 Å². The number of carbonyl (C=O) groups excluding carboxylic acids is 2. The number of carbonyl (C=O) groups is 2. The summed E-state index contributed by atoms with van der Waals surface area (Å²) in [6.45, 7) is 5.25. The average Bonchev–Trinajstić information content (AvgIpc) is 2.52. The van der Waals surface area contributed by atoms with Gasteiger partial charge < -0.3 is 16.4 Å². The summed E-state index contributed by atoms with van der Waals surface area (Å²) >= 11 is 0. The minimum Gasteiger partial charge on any atom is -0.356 e. The van der Waals surface area contributed by atoms with Crippen LogP contribution >= 0.6 is 12.4 Å². The molecule has 128 valence electrons. The van der Waals surface area contributed by atoms with Gasteiger partial charge in [-0.15, -0.1) is 12.4 Å². The summed E-state index contributed by atoms with van der Waals surface area (Å²) in [5.74, 6) is 0.121. The molecule has 0 spiro atoms. The van der Waals surface area contributed by atoms with Crippen LogP contribution in [0.2, 0.25) is 0 Å². The van der Waals surface area contributed by atoms with Crippen LogP contribution in [-0.2, 0) is 9.59 Å². The molecule has 2 rings (SSSR count). The molecule has 0 radical (unpaired) electrons. The van der Waals surface area contributed by atoms with Gasteiger partial charge in [-0.25, -0.2) is 0 Å². The maximum absolute atomic E-state index is 12.1. The zero-order valence-corrected chi connectivity index (χ0v) is 14.5. The molecule has 23 heavy (non-hydrogen) atoms. The van der Waals surface area contributed by atoms with Gasteiger partial charge in [0.25, 0.3) is 0 Å². The molecule has 0 bridgehead atoms. The van der Waals surface area contributed by atoms with Gasteiger partial charge in [0.05, 0.1) is 0 Å². The van der Waals surface area contributed by atoms with E-state index in [1.807, 2.05) is 12.1 Å². The molecule has 0 aliphatic carbocycles. The van der Waals surface area contributed by atoms with Gasteiger partial charge in [-0.2, -0.15) is 0 Å². The van der Waals surface area contributed by atoms with Crippen molar-refractivity contribution in [2.45, 2.75) is 38.6 Å². The molecule has 1 aromatic carbocycles. The monoisotopic (exact) mass is 339 g/mol. The smallest absolute Gasteiger partial charge is 0.223 e. The van der Waals surface area contributed by atoms with Gasteiger partial charge in [0.15, 0.2) is 0 Å². The molecular weight excluding hydrogens is 314 g/mol. The first-order valence-electron chi connectivity index (χ1n) is 7.87. The molecule has 1 aliphatic rings. The number of rotatable bonds is 5. The molecule has 5 nitrogen and oxygen atoms in total. The fourth-order valence-electron chi connectivity index (χ4n) is 2.61. The zero-order chi connectivity index (χ0) is 16.1. The summed E-state index contributed by atoms with van der Waals surface area (Å²) in [5, 5.41) is 5.59. The van der Waals surface area contributed by atoms with Gasteiger partial charge in [-0.05, 0) is 23.5 Å². The number of amides is 2. The Hall–Kier alpha value is -1.59. The lowest BCUT2D eigenvalue weighted by Gasteiger charge is -2.22. The Morgan fingerprint density at radius 3 is 2.48 bits per heavy atom. The van der Waals surface area contributed by atoms with Gasteiger partial charge in [-0.1, -0.05) is 38.1 Å². The second-order valence-corrected chi connectivity index (χ2v) is 6.21. The van der Waals surface area contributed by atoms with Crippen LogP contribution in [0.5, 0.6) is 0 Å². The van der Waals surface area contributed by atoms with Gasteiger partial charge in [0, 0.05) is 31.5 Å². The van der Waals surface area contributed by atoms with Crippen molar-refractivity contribution in [2.75, 3.05) is 13.1 Å². The second kappa shape index (κ2) is 8.89. The molecule has 1 aliphatic heterocycles. The van der Waals surface area contributed by atoms with E-state index < -0.39 is 0 Å². The van der Waals surface area contributed by atoms with E-state index in [4.69, 9.17) is 5.73 Å². The number of nitrogens with one attached hydrogen (secondary N) is 2. The van der Waals surface area contributed by atoms with E-state index in [2.05, 4.69) is 36.6 Å². The maximum atomic E-state index is 12.1. The molecule has 1 fully saturated rings. The van der Waals surface area contributed by atoms with Crippen molar-refractivity contribution < 1.29 is 9.59 Å². The van der Waals surface area contributed by atoms with Crippen LogP contribution in [0.1, 0.15) is 49.8 Å². The fraction of sp³-hybridized carbons (Fsp3) is 0.529. The van der Waals surface area contributed by atoms with E-state index in [1.165, 1.54) is 5.56 Å². The number of hydrogen-bond donors (Lipinski definition) is 3. The van der Waals surface area contributed by atoms with Crippen molar-refractivity contribution in [3.8, 4) is 0 Å². The van der Waals surface area contributed by atoms with Crippen LogP contribution in [0.15, 0.2) is 24.3 Å². The topological polar surface area (TPSA) is 84.2 Å². The lowest BCUT2D eigenvalue weighted by atomic mass is 9.96. The third-order valence-electron chi connectivity index (χ3n) is 4.15. The quantitative estimate of drug-likeness (QED) is 0.765. The highest BCUT2D eigenvalue weighted by Crippen LogP contribution is 2.18. The van der Waals surface area contributed by atoms with E-state index in [0.717, 1.165) is 5.56 Å². The average molecular weight is 340 g/mol. The maximum Gasteiger partial charge on any atom is 0.223 e. The van der Waals surface area contributed by atoms with E-state index in [-0.39, 0.29) is 42.6 Å². The zero-order valence-electron chi connectivity index (χ0n) is 13.7. The first-order chi connectivity index (χ1) is 10.5. The first kappa shape index (κ1) is 19.5. The third-order valence-corrected chi connectivity index (χ3v) is 4.15. The van der Waals surface area contributed by atoms with Gasteiger partial charge in [-0.3, -0.25) is 9.59 Å². The Morgan fingerprint density at radius 2 is 1.91 bits per heavy atom. The minimum absolute atomic E-state index is 0. The second-order valence-electron chi connectivity index (χ2n) is 6.21. The summed E-state index contributed by atoms with van der Waals surface area (Å²) in [5.41, 5.74) is 8.41. The number of halogens is 1. The van der Waals surface area contributed by atoms with E-state index in [9.17, 15) is 9.59 Å². The normalized spacial score (nSPS) is 18.8. The molecular formula is C17H26ClN3O2. The van der Waals surface area contributed by atoms with Crippen LogP contribution in [0.3, 0.4) is 0 Å². The summed E-state index contributed by atoms with van der Waals surface area (Å²) < 4.78 is 0. The SMILES string of the molecule is CC(C)c1ccc(C(N)CNC(=O)C2CCNC(=O)C2)cc1.Cl. The molecule has 1 saturated heterocycles. The lowest BCUT2D eigenvalue weighted by Crippen LogP contribution is -2.42. The summed E-state index contributed by atoms with van der Waals surface area (Å²) in [4.78, 5) is 23.4. The summed E-state index contributed by atoms with van der Waals surface area (Å²) in [6.07, 6.45) is 0.958. The molecule has 0 aromatic heterocycles. The molecule has 2 amide bonds. The first-order valence-corrected chi connectivity index (χ1v) is 7.87. The van der Waals surface area contributed by atoms with Gasteiger partial charge in [0.1, 0.15) is 0 Å². The highest BCUT2D eigenvalue weighted by atomic mass is 35.5. The highest BCUT2D eigenvalue weighted by molar-refractivity contribution is 5.86. The van der Waals surface area contributed by atoms with Crippen molar-refractivity contribution in [1.29, 1.82) is 0 Å². The molecule has 0 saturated carbocycles. The molecule has 2 unspecified atom stereocenters. The van der Waals surface area contributed by atoms with Crippen LogP contribution in [0.25, 0.3) is 0 Å². The largest absolute Gasteiger partial charge is 0.356 e. The van der Waals surface area contributed by atoms with Crippen LogP contribution in [-0.4, -0.2) is 24.9 Å². The van der Waals surface area contributed by atoms with Crippen molar-refractivity contribution in [2.24, 2.45) is 11.7 Å². The van der Waals surface area contributed by atoms with E-state index in [1.54, 1.807) is 0 Å². The number of nitrogens with two attached hydrogens (primary N) is 1. The Morgan fingerprint density at radius 1 is 1.30 bits per heavy atom. The van der Waals surface area contributed by atoms with Gasteiger partial charge >= 0.3 is 0 Å². The molecule has 4 N–H and O–H groups in total. The molecule has 2 atom stereocenters. The van der Waals surface area contributed by atoms with Crippen LogP contribution < -0.4 is 16.4 Å². The molecule has 1 heterocycles. The Bertz CT molecular complexity index is 531. The van der Waals surface area contributed by atoms with Crippen molar-refractivity contribution in [1.82, 2.24) is 10.6 Å². The predicted octanol–water partition coefficient (Wildman–Crippen LogP) is 1.87. The number of hydrogen-bond acceptors (Lipinski definition) is 3. The van der Waals surface area contributed by atoms with E-state index >= 15 is 0 Å². The third kappa shape index (κ3) is 5.52. The standard InChI is InChI=1S/C17H25N3O2.ClH/c1-11(2)12-3-5-13(6-4-12)15(18)10-20-17(22)14-7-8-19-16(21)9-14;/h3-6,11,14-15H,7-10,18H2,1-2H3,(H,19,21)(H,20,22);1H. The molecule has 1 aromatic rings. The summed E-state index contributed by atoms with van der Waals surface area (Å²) in [7, 11) is 0. The van der Waals surface area contributed by atoms with Gasteiger partial charge in [0.2, 0.25) is 11.8 Å². The highest BCUT2D eigenvalue weighted by Gasteiger charge is 2.25. The predicted molar refractivity (Wildman–Crippen MR) is 93.5 cm³/mol. The minimum atomic E-state index is -0.234. The van der Waals surface area contributed by atoms with Crippen LogP contribution in [0, 0.1) is 5.92 Å². The summed E-state index contributed by atoms with van der Waals surface area (Å²) in [6, 6.07) is 7.95.